The molecule has 0 saturated carbocycles. The van der Waals surface area contributed by atoms with E-state index in [9.17, 15) is 0 Å². The SMILES string of the molecule is COc1ccc(OCc2nc(C(N)Cc3ccccc3)n[nH]2)cc1. The number of hydrogen-bond acceptors (Lipinski definition) is 5. The van der Waals surface area contributed by atoms with Gasteiger partial charge in [-0.3, -0.25) is 5.10 Å². The van der Waals surface area contributed by atoms with Crippen LogP contribution in [-0.2, 0) is 13.0 Å². The lowest BCUT2D eigenvalue weighted by molar-refractivity contribution is 0.295. The standard InChI is InChI=1S/C18H20N4O2/c1-23-14-7-9-15(10-8-14)24-12-17-20-18(22-21-17)16(19)11-13-5-3-2-4-6-13/h2-10,16H,11-12,19H2,1H3,(H,20,21,22). The molecule has 1 atom stereocenters. The van der Waals surface area contributed by atoms with Crippen molar-refractivity contribution in [3.63, 3.8) is 0 Å². The Morgan fingerprint density at radius 1 is 1.04 bits per heavy atom. The van der Waals surface area contributed by atoms with E-state index in [1.807, 2.05) is 54.6 Å². The van der Waals surface area contributed by atoms with E-state index in [4.69, 9.17) is 15.2 Å². The van der Waals surface area contributed by atoms with Crippen molar-refractivity contribution in [2.24, 2.45) is 5.73 Å². The summed E-state index contributed by atoms with van der Waals surface area (Å²) in [7, 11) is 1.63. The Kier molecular flexibility index (Phi) is 5.08. The third-order valence-corrected chi connectivity index (χ3v) is 3.61. The lowest BCUT2D eigenvalue weighted by Crippen LogP contribution is -2.15. The summed E-state index contributed by atoms with van der Waals surface area (Å²) in [6.45, 7) is 0.303. The highest BCUT2D eigenvalue weighted by atomic mass is 16.5. The molecule has 0 bridgehead atoms. The average molecular weight is 324 g/mol. The van der Waals surface area contributed by atoms with Gasteiger partial charge < -0.3 is 15.2 Å². The summed E-state index contributed by atoms with van der Waals surface area (Å²) >= 11 is 0. The first-order valence-electron chi connectivity index (χ1n) is 7.72. The molecule has 3 N–H and O–H groups in total. The van der Waals surface area contributed by atoms with Crippen LogP contribution >= 0.6 is 0 Å². The van der Waals surface area contributed by atoms with Gasteiger partial charge in [0.05, 0.1) is 13.2 Å². The maximum Gasteiger partial charge on any atom is 0.167 e. The Bertz CT molecular complexity index is 756. The van der Waals surface area contributed by atoms with Crippen molar-refractivity contribution in [2.45, 2.75) is 19.1 Å². The van der Waals surface area contributed by atoms with Gasteiger partial charge >= 0.3 is 0 Å². The van der Waals surface area contributed by atoms with Crippen LogP contribution < -0.4 is 15.2 Å². The molecule has 6 nitrogen and oxygen atoms in total. The van der Waals surface area contributed by atoms with E-state index in [1.54, 1.807) is 7.11 Å². The molecule has 1 aromatic heterocycles. The molecule has 0 aliphatic carbocycles. The Balaban J connectivity index is 1.56. The van der Waals surface area contributed by atoms with Crippen molar-refractivity contribution >= 4 is 0 Å². The molecule has 124 valence electrons. The van der Waals surface area contributed by atoms with E-state index in [0.29, 0.717) is 24.7 Å². The summed E-state index contributed by atoms with van der Waals surface area (Å²) in [5, 5.41) is 7.07. The van der Waals surface area contributed by atoms with Gasteiger partial charge in [0.25, 0.3) is 0 Å². The molecule has 6 heteroatoms. The van der Waals surface area contributed by atoms with E-state index in [0.717, 1.165) is 17.1 Å². The molecule has 0 spiro atoms. The normalized spacial score (nSPS) is 11.9. The summed E-state index contributed by atoms with van der Waals surface area (Å²) < 4.78 is 10.8. The molecule has 0 fully saturated rings. The molecule has 2 aromatic carbocycles. The second-order valence-electron chi connectivity index (χ2n) is 5.40. The van der Waals surface area contributed by atoms with Gasteiger partial charge in [-0.15, -0.1) is 0 Å². The Hall–Kier alpha value is -2.86. The number of aromatic amines is 1. The highest BCUT2D eigenvalue weighted by Gasteiger charge is 2.13. The Morgan fingerprint density at radius 3 is 2.46 bits per heavy atom. The van der Waals surface area contributed by atoms with E-state index in [2.05, 4.69) is 15.2 Å². The molecule has 24 heavy (non-hydrogen) atoms. The minimum Gasteiger partial charge on any atom is -0.497 e. The molecule has 0 aliphatic rings. The van der Waals surface area contributed by atoms with Gasteiger partial charge in [-0.05, 0) is 36.2 Å². The van der Waals surface area contributed by atoms with E-state index >= 15 is 0 Å². The number of nitrogens with two attached hydrogens (primary N) is 1. The van der Waals surface area contributed by atoms with E-state index in [1.165, 1.54) is 0 Å². The van der Waals surface area contributed by atoms with Crippen LogP contribution in [0.15, 0.2) is 54.6 Å². The zero-order valence-electron chi connectivity index (χ0n) is 13.5. The van der Waals surface area contributed by atoms with Gasteiger partial charge in [-0.2, -0.15) is 5.10 Å². The molecule has 1 heterocycles. The molecule has 0 saturated heterocycles. The zero-order valence-corrected chi connectivity index (χ0v) is 13.5. The molecule has 0 radical (unpaired) electrons. The summed E-state index contributed by atoms with van der Waals surface area (Å²) in [4.78, 5) is 4.41. The predicted octanol–water partition coefficient (Wildman–Crippen LogP) is 2.63. The van der Waals surface area contributed by atoms with Crippen molar-refractivity contribution in [1.82, 2.24) is 15.2 Å². The summed E-state index contributed by atoms with van der Waals surface area (Å²) in [5.74, 6) is 2.76. The largest absolute Gasteiger partial charge is 0.497 e. The molecular weight excluding hydrogens is 304 g/mol. The predicted molar refractivity (Wildman–Crippen MR) is 90.8 cm³/mol. The fourth-order valence-corrected chi connectivity index (χ4v) is 2.32. The van der Waals surface area contributed by atoms with Crippen LogP contribution in [0.4, 0.5) is 0 Å². The van der Waals surface area contributed by atoms with Gasteiger partial charge in [0.15, 0.2) is 11.6 Å². The highest BCUT2D eigenvalue weighted by molar-refractivity contribution is 5.31. The Labute approximate surface area is 140 Å². The number of H-pyrrole nitrogens is 1. The quantitative estimate of drug-likeness (QED) is 0.698. The van der Waals surface area contributed by atoms with Gasteiger partial charge in [0, 0.05) is 0 Å². The number of methoxy groups -OCH3 is 1. The first-order valence-corrected chi connectivity index (χ1v) is 7.72. The number of nitrogens with one attached hydrogen (secondary N) is 1. The summed E-state index contributed by atoms with van der Waals surface area (Å²) in [6, 6.07) is 17.2. The van der Waals surface area contributed by atoms with E-state index in [-0.39, 0.29) is 6.04 Å². The Morgan fingerprint density at radius 2 is 1.75 bits per heavy atom. The third-order valence-electron chi connectivity index (χ3n) is 3.61. The lowest BCUT2D eigenvalue weighted by atomic mass is 10.1. The number of hydrogen-bond donors (Lipinski definition) is 2. The molecular formula is C18H20N4O2. The topological polar surface area (TPSA) is 86.1 Å². The first-order chi connectivity index (χ1) is 11.7. The average Bonchev–Trinajstić information content (AvgIpc) is 3.10. The van der Waals surface area contributed by atoms with Crippen molar-refractivity contribution in [3.05, 3.63) is 71.8 Å². The highest BCUT2D eigenvalue weighted by Crippen LogP contribution is 2.18. The van der Waals surface area contributed by atoms with Gasteiger partial charge in [-0.1, -0.05) is 30.3 Å². The fraction of sp³-hybridized carbons (Fsp3) is 0.222. The minimum atomic E-state index is -0.251. The van der Waals surface area contributed by atoms with Crippen LogP contribution in [-0.4, -0.2) is 22.3 Å². The summed E-state index contributed by atoms with van der Waals surface area (Å²) in [5.41, 5.74) is 7.34. The number of rotatable bonds is 7. The second-order valence-corrected chi connectivity index (χ2v) is 5.40. The molecule has 0 amide bonds. The van der Waals surface area contributed by atoms with Gasteiger partial charge in [0.1, 0.15) is 18.1 Å². The smallest absolute Gasteiger partial charge is 0.167 e. The monoisotopic (exact) mass is 324 g/mol. The maximum atomic E-state index is 6.18. The number of nitrogens with zero attached hydrogens (tertiary/aromatic N) is 2. The number of benzene rings is 2. The minimum absolute atomic E-state index is 0.251. The molecule has 1 unspecified atom stereocenters. The molecule has 0 aliphatic heterocycles. The van der Waals surface area contributed by atoms with Gasteiger partial charge in [0.2, 0.25) is 0 Å². The van der Waals surface area contributed by atoms with Crippen LogP contribution in [0.3, 0.4) is 0 Å². The first kappa shape index (κ1) is 16.0. The zero-order chi connectivity index (χ0) is 16.8. The summed E-state index contributed by atoms with van der Waals surface area (Å²) in [6.07, 6.45) is 0.692. The molecule has 3 rings (SSSR count). The van der Waals surface area contributed by atoms with Crippen molar-refractivity contribution in [1.29, 1.82) is 0 Å². The van der Waals surface area contributed by atoms with Crippen molar-refractivity contribution in [3.8, 4) is 11.5 Å². The van der Waals surface area contributed by atoms with Crippen LogP contribution in [0.1, 0.15) is 23.3 Å². The molecule has 3 aromatic rings. The third kappa shape index (κ3) is 4.11. The van der Waals surface area contributed by atoms with Crippen LogP contribution in [0.5, 0.6) is 11.5 Å². The van der Waals surface area contributed by atoms with Crippen molar-refractivity contribution in [2.75, 3.05) is 7.11 Å². The lowest BCUT2D eigenvalue weighted by Gasteiger charge is -2.07. The van der Waals surface area contributed by atoms with Crippen LogP contribution in [0.2, 0.25) is 0 Å². The fourth-order valence-electron chi connectivity index (χ4n) is 2.32. The second kappa shape index (κ2) is 7.61. The van der Waals surface area contributed by atoms with Crippen molar-refractivity contribution < 1.29 is 9.47 Å². The number of aromatic nitrogens is 3. The number of ether oxygens (including phenoxy) is 2. The van der Waals surface area contributed by atoms with E-state index < -0.39 is 0 Å². The maximum absolute atomic E-state index is 6.18. The van der Waals surface area contributed by atoms with Gasteiger partial charge in [-0.25, -0.2) is 4.98 Å². The van der Waals surface area contributed by atoms with Crippen LogP contribution in [0.25, 0.3) is 0 Å². The van der Waals surface area contributed by atoms with Crippen LogP contribution in [0, 0.1) is 0 Å².